The maximum atomic E-state index is 13.6. The molecule has 2 unspecified atom stereocenters. The van der Waals surface area contributed by atoms with Gasteiger partial charge >= 0.3 is 5.97 Å². The molecule has 1 heterocycles. The molecule has 2 atom stereocenters. The molecule has 0 radical (unpaired) electrons. The quantitative estimate of drug-likeness (QED) is 0.577. The van der Waals surface area contributed by atoms with Crippen molar-refractivity contribution >= 4 is 15.8 Å². The number of ether oxygens (including phenoxy) is 3. The fourth-order valence-corrected chi connectivity index (χ4v) is 5.40. The first-order valence-electron chi connectivity index (χ1n) is 8.47. The molecular weight excluding hydrogens is 368 g/mol. The normalized spacial score (nSPS) is 25.0. The van der Waals surface area contributed by atoms with Crippen molar-refractivity contribution in [1.29, 1.82) is 0 Å². The molecule has 0 amide bonds. The summed E-state index contributed by atoms with van der Waals surface area (Å²) in [6, 6.07) is 16.9. The maximum Gasteiger partial charge on any atom is 0.367 e. The number of hydrogen-bond acceptors (Lipinski definition) is 6. The lowest BCUT2D eigenvalue weighted by atomic mass is 9.87. The van der Waals surface area contributed by atoms with Gasteiger partial charge in [0.1, 0.15) is 10.9 Å². The van der Waals surface area contributed by atoms with Gasteiger partial charge in [0.15, 0.2) is 9.84 Å². The molecule has 1 aliphatic rings. The average Bonchev–Trinajstić information content (AvgIpc) is 2.70. The van der Waals surface area contributed by atoms with Gasteiger partial charge < -0.3 is 14.2 Å². The summed E-state index contributed by atoms with van der Waals surface area (Å²) in [6.07, 6.45) is -1.21. The van der Waals surface area contributed by atoms with Crippen molar-refractivity contribution in [2.24, 2.45) is 0 Å². The fourth-order valence-electron chi connectivity index (χ4n) is 3.50. The summed E-state index contributed by atoms with van der Waals surface area (Å²) >= 11 is 0. The van der Waals surface area contributed by atoms with E-state index in [2.05, 4.69) is 0 Å². The number of carbonyl (C=O) groups is 1. The first-order valence-corrected chi connectivity index (χ1v) is 9.95. The Kier molecular flexibility index (Phi) is 5.12. The van der Waals surface area contributed by atoms with E-state index < -0.39 is 32.4 Å². The van der Waals surface area contributed by atoms with Crippen molar-refractivity contribution < 1.29 is 27.4 Å². The highest BCUT2D eigenvalue weighted by molar-refractivity contribution is 7.92. The molecule has 2 aromatic carbocycles. The molecule has 1 fully saturated rings. The summed E-state index contributed by atoms with van der Waals surface area (Å²) < 4.78 is 41.9. The van der Waals surface area contributed by atoms with Crippen LogP contribution in [-0.4, -0.2) is 39.1 Å². The van der Waals surface area contributed by atoms with Crippen LogP contribution in [0.3, 0.4) is 0 Å². The van der Waals surface area contributed by atoms with Crippen LogP contribution in [0.5, 0.6) is 0 Å². The number of hydrogen-bond donors (Lipinski definition) is 0. The zero-order valence-electron chi connectivity index (χ0n) is 15.4. The van der Waals surface area contributed by atoms with E-state index in [1.54, 1.807) is 49.4 Å². The Bertz CT molecular complexity index is 906. The summed E-state index contributed by atoms with van der Waals surface area (Å²) in [4.78, 5) is 12.8. The Morgan fingerprint density at radius 1 is 0.963 bits per heavy atom. The molecule has 0 aliphatic carbocycles. The molecule has 2 aromatic rings. The third kappa shape index (κ3) is 3.05. The molecule has 7 heteroatoms. The van der Waals surface area contributed by atoms with Gasteiger partial charge in [-0.15, -0.1) is 0 Å². The molecular formula is C20H22O6S. The minimum atomic E-state index is -3.91. The average molecular weight is 390 g/mol. The standard InChI is InChI=1S/C20H22O6S/c1-19(27(22,23)16-12-8-5-9-13-16)14-20(24-2,25-3)18(21)26-17(19)15-10-6-4-7-11-15/h4-13,17H,14H2,1-3H3. The van der Waals surface area contributed by atoms with Gasteiger partial charge in [0, 0.05) is 20.6 Å². The van der Waals surface area contributed by atoms with Crippen LogP contribution in [-0.2, 0) is 28.8 Å². The van der Waals surface area contributed by atoms with E-state index in [1.165, 1.54) is 26.4 Å². The van der Waals surface area contributed by atoms with Crippen molar-refractivity contribution in [3.8, 4) is 0 Å². The Morgan fingerprint density at radius 2 is 1.48 bits per heavy atom. The summed E-state index contributed by atoms with van der Waals surface area (Å²) in [5, 5.41) is 0. The largest absolute Gasteiger partial charge is 0.452 e. The Morgan fingerprint density at radius 3 is 2.00 bits per heavy atom. The molecule has 27 heavy (non-hydrogen) atoms. The number of carbonyl (C=O) groups excluding carboxylic acids is 1. The number of methoxy groups -OCH3 is 2. The van der Waals surface area contributed by atoms with Crippen molar-refractivity contribution in [2.75, 3.05) is 14.2 Å². The van der Waals surface area contributed by atoms with Gasteiger partial charge in [0.05, 0.1) is 4.90 Å². The summed E-state index contributed by atoms with van der Waals surface area (Å²) in [5.74, 6) is -2.54. The zero-order chi connectivity index (χ0) is 19.7. The highest BCUT2D eigenvalue weighted by atomic mass is 32.2. The van der Waals surface area contributed by atoms with Crippen LogP contribution in [0.15, 0.2) is 65.6 Å². The summed E-state index contributed by atoms with van der Waals surface area (Å²) in [5.41, 5.74) is 0.591. The van der Waals surface area contributed by atoms with Crippen LogP contribution in [0.2, 0.25) is 0 Å². The van der Waals surface area contributed by atoms with Crippen LogP contribution in [0, 0.1) is 0 Å². The van der Waals surface area contributed by atoms with Crippen molar-refractivity contribution in [3.63, 3.8) is 0 Å². The molecule has 1 aliphatic heterocycles. The van der Waals surface area contributed by atoms with E-state index in [4.69, 9.17) is 14.2 Å². The van der Waals surface area contributed by atoms with Gasteiger partial charge in [-0.2, -0.15) is 0 Å². The fraction of sp³-hybridized carbons (Fsp3) is 0.350. The van der Waals surface area contributed by atoms with E-state index in [-0.39, 0.29) is 11.3 Å². The molecule has 0 aromatic heterocycles. The molecule has 1 saturated heterocycles. The maximum absolute atomic E-state index is 13.6. The van der Waals surface area contributed by atoms with Crippen LogP contribution < -0.4 is 0 Å². The first-order chi connectivity index (χ1) is 12.8. The highest BCUT2D eigenvalue weighted by Crippen LogP contribution is 2.49. The molecule has 0 bridgehead atoms. The predicted molar refractivity (Wildman–Crippen MR) is 98.7 cm³/mol. The predicted octanol–water partition coefficient (Wildman–Crippen LogP) is 2.90. The lowest BCUT2D eigenvalue weighted by molar-refractivity contribution is -0.256. The summed E-state index contributed by atoms with van der Waals surface area (Å²) in [6.45, 7) is 1.56. The van der Waals surface area contributed by atoms with E-state index >= 15 is 0 Å². The van der Waals surface area contributed by atoms with E-state index in [1.807, 2.05) is 6.07 Å². The third-order valence-corrected chi connectivity index (χ3v) is 7.58. The molecule has 0 spiro atoms. The second-order valence-corrected chi connectivity index (χ2v) is 9.07. The lowest BCUT2D eigenvalue weighted by Gasteiger charge is -2.46. The lowest BCUT2D eigenvalue weighted by Crippen LogP contribution is -2.60. The van der Waals surface area contributed by atoms with E-state index in [9.17, 15) is 13.2 Å². The molecule has 6 nitrogen and oxygen atoms in total. The molecule has 0 N–H and O–H groups in total. The van der Waals surface area contributed by atoms with Gasteiger partial charge in [-0.1, -0.05) is 48.5 Å². The van der Waals surface area contributed by atoms with Gasteiger partial charge in [0.25, 0.3) is 5.79 Å². The number of cyclic esters (lactones) is 1. The topological polar surface area (TPSA) is 78.9 Å². The second-order valence-electron chi connectivity index (χ2n) is 6.66. The second kappa shape index (κ2) is 7.07. The third-order valence-electron chi connectivity index (χ3n) is 5.10. The number of esters is 1. The number of benzene rings is 2. The van der Waals surface area contributed by atoms with Crippen LogP contribution >= 0.6 is 0 Å². The minimum Gasteiger partial charge on any atom is -0.452 e. The van der Waals surface area contributed by atoms with Crippen molar-refractivity contribution in [1.82, 2.24) is 0 Å². The Balaban J connectivity index is 2.20. The van der Waals surface area contributed by atoms with Crippen molar-refractivity contribution in [2.45, 2.75) is 34.9 Å². The van der Waals surface area contributed by atoms with Gasteiger partial charge in [-0.05, 0) is 24.6 Å². The number of sulfone groups is 1. The van der Waals surface area contributed by atoms with Crippen LogP contribution in [0.25, 0.3) is 0 Å². The van der Waals surface area contributed by atoms with Gasteiger partial charge in [0.2, 0.25) is 0 Å². The van der Waals surface area contributed by atoms with Crippen molar-refractivity contribution in [3.05, 3.63) is 66.2 Å². The Labute approximate surface area is 159 Å². The Hall–Kier alpha value is -2.22. The van der Waals surface area contributed by atoms with Gasteiger partial charge in [-0.25, -0.2) is 13.2 Å². The minimum absolute atomic E-state index is 0.146. The molecule has 3 rings (SSSR count). The van der Waals surface area contributed by atoms with Crippen LogP contribution in [0.1, 0.15) is 25.0 Å². The smallest absolute Gasteiger partial charge is 0.367 e. The van der Waals surface area contributed by atoms with Gasteiger partial charge in [-0.3, -0.25) is 0 Å². The summed E-state index contributed by atoms with van der Waals surface area (Å²) in [7, 11) is -1.32. The number of rotatable bonds is 5. The SMILES string of the molecule is COC1(OC)CC(C)(S(=O)(=O)c2ccccc2)C(c2ccccc2)OC1=O. The first kappa shape index (κ1) is 19.5. The monoisotopic (exact) mass is 390 g/mol. The molecule has 144 valence electrons. The van der Waals surface area contributed by atoms with E-state index in [0.717, 1.165) is 0 Å². The van der Waals surface area contributed by atoms with E-state index in [0.29, 0.717) is 5.56 Å². The zero-order valence-corrected chi connectivity index (χ0v) is 16.2. The van der Waals surface area contributed by atoms with Crippen LogP contribution in [0.4, 0.5) is 0 Å². The highest BCUT2D eigenvalue weighted by Gasteiger charge is 2.62. The molecule has 0 saturated carbocycles.